The smallest absolute Gasteiger partial charge is 0.475 e. The molecule has 1 aromatic heterocycles. The predicted molar refractivity (Wildman–Crippen MR) is 130 cm³/mol. The number of alkyl halides is 3. The van der Waals surface area contributed by atoms with Crippen LogP contribution in [0.15, 0.2) is 30.3 Å². The number of imidazole rings is 1. The van der Waals surface area contributed by atoms with Crippen LogP contribution in [-0.4, -0.2) is 39.7 Å². The summed E-state index contributed by atoms with van der Waals surface area (Å²) in [6, 6.07) is 9.06. The van der Waals surface area contributed by atoms with Crippen molar-refractivity contribution in [3.8, 4) is 17.6 Å². The number of H-pyrrole nitrogens is 1. The van der Waals surface area contributed by atoms with E-state index in [9.17, 15) is 18.0 Å². The fourth-order valence-corrected chi connectivity index (χ4v) is 3.25. The van der Waals surface area contributed by atoms with Crippen LogP contribution in [-0.2, 0) is 11.3 Å². The van der Waals surface area contributed by atoms with Crippen molar-refractivity contribution in [1.29, 1.82) is 5.26 Å². The summed E-state index contributed by atoms with van der Waals surface area (Å²) in [7, 11) is 0. The molecule has 38 heavy (non-hydrogen) atoms. The Morgan fingerprint density at radius 1 is 1.21 bits per heavy atom. The lowest BCUT2D eigenvalue weighted by atomic mass is 10.2. The van der Waals surface area contributed by atoms with E-state index < -0.39 is 23.9 Å². The summed E-state index contributed by atoms with van der Waals surface area (Å²) in [5.74, 6) is -3.85. The van der Waals surface area contributed by atoms with Crippen molar-refractivity contribution in [2.75, 3.05) is 11.9 Å². The van der Waals surface area contributed by atoms with Gasteiger partial charge in [-0.2, -0.15) is 18.4 Å². The van der Waals surface area contributed by atoms with E-state index in [2.05, 4.69) is 20.6 Å². The molecule has 0 atom stereocenters. The van der Waals surface area contributed by atoms with Crippen LogP contribution in [0.1, 0.15) is 28.5 Å². The standard InChI is InChI=1S/C20H15Cl3FN5O2.C2HF3O2/c1-2-26-20-28-16(18(23)29-20)19(30)27-9-11-3-4-14(22)17(15(11)24)31-13-6-10(8-25)5-12(21)7-13;3-2(4,5)1(6)7/h3-7H,2,9H2,1H3,(H,27,30)(H2,26,28,29);(H,6,7). The molecule has 1 heterocycles. The lowest BCUT2D eigenvalue weighted by molar-refractivity contribution is -0.192. The maximum Gasteiger partial charge on any atom is 0.490 e. The van der Waals surface area contributed by atoms with E-state index in [0.29, 0.717) is 12.5 Å². The molecule has 202 valence electrons. The predicted octanol–water partition coefficient (Wildman–Crippen LogP) is 6.17. The molecule has 16 heteroatoms. The number of carboxylic acid groups (broad SMARTS) is 1. The van der Waals surface area contributed by atoms with Gasteiger partial charge in [0.2, 0.25) is 5.95 Å². The van der Waals surface area contributed by atoms with Crippen molar-refractivity contribution in [3.05, 3.63) is 68.2 Å². The normalized spacial score (nSPS) is 10.6. The lowest BCUT2D eigenvalue weighted by Gasteiger charge is -2.13. The molecule has 0 aliphatic heterocycles. The van der Waals surface area contributed by atoms with Gasteiger partial charge < -0.3 is 25.5 Å². The molecule has 9 nitrogen and oxygen atoms in total. The highest BCUT2D eigenvalue weighted by Crippen LogP contribution is 2.35. The van der Waals surface area contributed by atoms with Gasteiger partial charge in [0.25, 0.3) is 5.91 Å². The van der Waals surface area contributed by atoms with Gasteiger partial charge in [0.1, 0.15) is 11.4 Å². The zero-order chi connectivity index (χ0) is 28.6. The first-order valence-electron chi connectivity index (χ1n) is 10.2. The number of nitrogens with zero attached hydrogens (tertiary/aromatic N) is 2. The third kappa shape index (κ3) is 8.41. The number of hydrogen-bond donors (Lipinski definition) is 4. The fourth-order valence-electron chi connectivity index (χ4n) is 2.62. The van der Waals surface area contributed by atoms with Crippen LogP contribution in [0, 0.1) is 17.1 Å². The van der Waals surface area contributed by atoms with Crippen LogP contribution in [0.4, 0.5) is 23.5 Å². The first-order chi connectivity index (χ1) is 17.8. The van der Waals surface area contributed by atoms with Crippen LogP contribution in [0.5, 0.6) is 11.5 Å². The van der Waals surface area contributed by atoms with Crippen LogP contribution in [0.25, 0.3) is 0 Å². The molecule has 3 rings (SSSR count). The Bertz CT molecular complexity index is 1380. The summed E-state index contributed by atoms with van der Waals surface area (Å²) in [5, 5.41) is 21.9. The average Bonchev–Trinajstić information content (AvgIpc) is 3.20. The molecule has 3 aromatic rings. The molecule has 0 saturated heterocycles. The minimum atomic E-state index is -5.08. The fraction of sp³-hybridized carbons (Fsp3) is 0.182. The summed E-state index contributed by atoms with van der Waals surface area (Å²) < 4.78 is 52.3. The number of nitrogens with one attached hydrogen (secondary N) is 3. The van der Waals surface area contributed by atoms with Gasteiger partial charge in [-0.15, -0.1) is 0 Å². The molecule has 1 amide bonds. The summed E-state index contributed by atoms with van der Waals surface area (Å²) in [6.45, 7) is 2.29. The minimum absolute atomic E-state index is 0.0108. The van der Waals surface area contributed by atoms with E-state index in [1.807, 2.05) is 13.0 Å². The molecule has 0 radical (unpaired) electrons. The zero-order valence-corrected chi connectivity index (χ0v) is 21.3. The Balaban J connectivity index is 0.000000638. The van der Waals surface area contributed by atoms with Gasteiger partial charge in [-0.25, -0.2) is 14.2 Å². The largest absolute Gasteiger partial charge is 0.490 e. The Labute approximate surface area is 227 Å². The van der Waals surface area contributed by atoms with Crippen molar-refractivity contribution in [2.24, 2.45) is 0 Å². The van der Waals surface area contributed by atoms with Crippen molar-refractivity contribution in [2.45, 2.75) is 19.6 Å². The Hall–Kier alpha value is -3.73. The maximum atomic E-state index is 15.0. The number of aliphatic carboxylic acids is 1. The Morgan fingerprint density at radius 3 is 2.45 bits per heavy atom. The molecule has 0 fully saturated rings. The molecule has 0 aliphatic rings. The SMILES string of the molecule is CCNc1nc(Cl)c(C(=O)NCc2ccc(Cl)c(Oc3cc(Cl)cc(C#N)c3)c2F)[nH]1.O=C(O)C(F)(F)F. The van der Waals surface area contributed by atoms with Crippen molar-refractivity contribution in [1.82, 2.24) is 15.3 Å². The number of rotatable bonds is 7. The number of carbonyl (C=O) groups excluding carboxylic acids is 1. The molecular weight excluding hydrogens is 581 g/mol. The highest BCUT2D eigenvalue weighted by atomic mass is 35.5. The van der Waals surface area contributed by atoms with Crippen LogP contribution in [0.2, 0.25) is 15.2 Å². The second-order valence-electron chi connectivity index (χ2n) is 7.01. The van der Waals surface area contributed by atoms with Crippen LogP contribution < -0.4 is 15.4 Å². The highest BCUT2D eigenvalue weighted by Gasteiger charge is 2.38. The third-order valence-corrected chi connectivity index (χ3v) is 5.05. The third-order valence-electron chi connectivity index (χ3n) is 4.26. The van der Waals surface area contributed by atoms with E-state index in [1.54, 1.807) is 0 Å². The van der Waals surface area contributed by atoms with Crippen molar-refractivity contribution >= 4 is 52.6 Å². The maximum absolute atomic E-state index is 15.0. The Kier molecular flexibility index (Phi) is 10.6. The number of carbonyl (C=O) groups is 2. The van der Waals surface area contributed by atoms with Gasteiger partial charge >= 0.3 is 12.1 Å². The van der Waals surface area contributed by atoms with Crippen molar-refractivity contribution in [3.63, 3.8) is 0 Å². The van der Waals surface area contributed by atoms with Crippen LogP contribution in [0.3, 0.4) is 0 Å². The number of hydrogen-bond acceptors (Lipinski definition) is 6. The first-order valence-corrected chi connectivity index (χ1v) is 11.3. The molecule has 4 N–H and O–H groups in total. The van der Waals surface area contributed by atoms with Gasteiger partial charge in [-0.05, 0) is 31.2 Å². The number of carboxylic acids is 1. The van der Waals surface area contributed by atoms with Gasteiger partial charge in [-0.1, -0.05) is 40.9 Å². The second-order valence-corrected chi connectivity index (χ2v) is 8.21. The topological polar surface area (TPSA) is 140 Å². The van der Waals surface area contributed by atoms with Crippen LogP contribution >= 0.6 is 34.8 Å². The number of anilines is 1. The number of benzene rings is 2. The minimum Gasteiger partial charge on any atom is -0.475 e. The van der Waals surface area contributed by atoms with E-state index in [-0.39, 0.29) is 50.1 Å². The van der Waals surface area contributed by atoms with Gasteiger partial charge in [-0.3, -0.25) is 4.79 Å². The summed E-state index contributed by atoms with van der Waals surface area (Å²) >= 11 is 18.0. The number of ether oxygens (including phenoxy) is 1. The highest BCUT2D eigenvalue weighted by molar-refractivity contribution is 6.33. The summed E-state index contributed by atoms with van der Waals surface area (Å²) in [5.41, 5.74) is 0.417. The summed E-state index contributed by atoms with van der Waals surface area (Å²) in [4.78, 5) is 28.0. The van der Waals surface area contributed by atoms with Crippen molar-refractivity contribution < 1.29 is 37.0 Å². The molecule has 0 saturated carbocycles. The summed E-state index contributed by atoms with van der Waals surface area (Å²) in [6.07, 6.45) is -5.08. The Morgan fingerprint density at radius 2 is 1.87 bits per heavy atom. The van der Waals surface area contributed by atoms with Gasteiger partial charge in [0.15, 0.2) is 16.7 Å². The number of nitriles is 1. The van der Waals surface area contributed by atoms with Gasteiger partial charge in [0, 0.05) is 23.7 Å². The monoisotopic (exact) mass is 595 g/mol. The average molecular weight is 597 g/mol. The first kappa shape index (κ1) is 30.5. The number of amides is 1. The molecule has 0 bridgehead atoms. The van der Waals surface area contributed by atoms with E-state index in [1.165, 1.54) is 30.3 Å². The molecule has 0 aliphatic carbocycles. The van der Waals surface area contributed by atoms with E-state index in [4.69, 9.17) is 54.7 Å². The quantitative estimate of drug-likeness (QED) is 0.239. The lowest BCUT2D eigenvalue weighted by Crippen LogP contribution is -2.24. The number of aromatic amines is 1. The molecule has 0 spiro atoms. The molecular formula is C22H16Cl3F4N5O4. The molecule has 2 aromatic carbocycles. The second kappa shape index (κ2) is 13.2. The zero-order valence-electron chi connectivity index (χ0n) is 19.0. The number of halogens is 7. The molecule has 0 unspecified atom stereocenters. The van der Waals surface area contributed by atoms with E-state index >= 15 is 4.39 Å². The van der Waals surface area contributed by atoms with E-state index in [0.717, 1.165) is 0 Å². The van der Waals surface area contributed by atoms with Gasteiger partial charge in [0.05, 0.1) is 16.7 Å². The number of aromatic nitrogens is 2.